The molecule has 0 bridgehead atoms. The molecule has 25 heavy (non-hydrogen) atoms. The van der Waals surface area contributed by atoms with Crippen molar-refractivity contribution in [3.05, 3.63) is 51.3 Å². The van der Waals surface area contributed by atoms with Gasteiger partial charge in [0.2, 0.25) is 0 Å². The Morgan fingerprint density at radius 3 is 2.36 bits per heavy atom. The predicted molar refractivity (Wildman–Crippen MR) is 114 cm³/mol. The number of rotatable bonds is 10. The molecule has 0 saturated heterocycles. The highest BCUT2D eigenvalue weighted by atomic mass is 32.2. The van der Waals surface area contributed by atoms with E-state index in [-0.39, 0.29) is 5.91 Å². The fraction of sp³-hybridized carbons (Fsp3) is 0.476. The van der Waals surface area contributed by atoms with Crippen molar-refractivity contribution in [3.8, 4) is 0 Å². The lowest BCUT2D eigenvalue weighted by molar-refractivity contribution is 0.0964. The molecule has 0 aromatic carbocycles. The zero-order valence-electron chi connectivity index (χ0n) is 16.1. The van der Waals surface area contributed by atoms with E-state index in [9.17, 15) is 4.79 Å². The van der Waals surface area contributed by atoms with E-state index in [4.69, 9.17) is 0 Å². The second-order valence-electron chi connectivity index (χ2n) is 6.46. The predicted octanol–water partition coefficient (Wildman–Crippen LogP) is 6.62. The number of thiophene rings is 1. The van der Waals surface area contributed by atoms with Crippen molar-refractivity contribution < 1.29 is 4.79 Å². The number of amides is 1. The fourth-order valence-corrected chi connectivity index (χ4v) is 4.38. The molecular formula is C21H31NOS2. The van der Waals surface area contributed by atoms with Crippen molar-refractivity contribution in [2.75, 3.05) is 12.8 Å². The van der Waals surface area contributed by atoms with Crippen LogP contribution in [0.1, 0.15) is 63.0 Å². The fourth-order valence-electron chi connectivity index (χ4n) is 2.30. The Balaban J connectivity index is 2.36. The van der Waals surface area contributed by atoms with Gasteiger partial charge in [-0.3, -0.25) is 4.79 Å². The van der Waals surface area contributed by atoms with Gasteiger partial charge in [-0.25, -0.2) is 0 Å². The first-order valence-electron chi connectivity index (χ1n) is 8.81. The molecule has 1 rings (SSSR count). The Morgan fingerprint density at radius 1 is 1.08 bits per heavy atom. The summed E-state index contributed by atoms with van der Waals surface area (Å²) in [6, 6.07) is 2.03. The van der Waals surface area contributed by atoms with Crippen LogP contribution >= 0.6 is 23.1 Å². The van der Waals surface area contributed by atoms with Crippen molar-refractivity contribution in [2.24, 2.45) is 0 Å². The topological polar surface area (TPSA) is 29.1 Å². The average Bonchev–Trinajstić information content (AvgIpc) is 3.02. The van der Waals surface area contributed by atoms with Gasteiger partial charge in [-0.1, -0.05) is 34.9 Å². The highest BCUT2D eigenvalue weighted by Crippen LogP contribution is 2.28. The third kappa shape index (κ3) is 9.13. The highest BCUT2D eigenvalue weighted by molar-refractivity contribution is 7.99. The Hall–Kier alpha value is -1.26. The molecule has 4 heteroatoms. The molecule has 0 fully saturated rings. The summed E-state index contributed by atoms with van der Waals surface area (Å²) >= 11 is 3.23. The summed E-state index contributed by atoms with van der Waals surface area (Å²) in [6.45, 7) is 8.72. The first kappa shape index (κ1) is 21.8. The molecule has 0 aliphatic heterocycles. The summed E-state index contributed by atoms with van der Waals surface area (Å²) in [5, 5.41) is 4.68. The van der Waals surface area contributed by atoms with Crippen molar-refractivity contribution in [1.82, 2.24) is 5.32 Å². The van der Waals surface area contributed by atoms with Crippen LogP contribution in [0.5, 0.6) is 0 Å². The number of nitrogens with one attached hydrogen (secondary N) is 1. The van der Waals surface area contributed by atoms with E-state index in [2.05, 4.69) is 51.2 Å². The lowest BCUT2D eigenvalue weighted by Crippen LogP contribution is -2.16. The molecule has 1 heterocycles. The highest BCUT2D eigenvalue weighted by Gasteiger charge is 2.11. The van der Waals surface area contributed by atoms with Gasteiger partial charge in [0.15, 0.2) is 0 Å². The summed E-state index contributed by atoms with van der Waals surface area (Å²) in [6.07, 6.45) is 11.5. The number of hydrogen-bond acceptors (Lipinski definition) is 3. The minimum atomic E-state index is 0.00641. The third-order valence-electron chi connectivity index (χ3n) is 3.86. The van der Waals surface area contributed by atoms with Crippen molar-refractivity contribution >= 4 is 29.0 Å². The lowest BCUT2D eigenvalue weighted by atomic mass is 10.1. The molecule has 1 N–H and O–H groups in total. The van der Waals surface area contributed by atoms with Crippen LogP contribution in [0.25, 0.3) is 0 Å². The Bertz CT molecular complexity index is 634. The molecule has 0 atom stereocenters. The smallest absolute Gasteiger partial charge is 0.262 e. The van der Waals surface area contributed by atoms with Crippen LogP contribution in [-0.4, -0.2) is 18.7 Å². The molecule has 0 unspecified atom stereocenters. The van der Waals surface area contributed by atoms with Gasteiger partial charge in [0.25, 0.3) is 5.91 Å². The Kier molecular flexibility index (Phi) is 10.6. The Labute approximate surface area is 161 Å². The van der Waals surface area contributed by atoms with Crippen LogP contribution in [0.2, 0.25) is 0 Å². The van der Waals surface area contributed by atoms with Crippen LogP contribution in [0, 0.1) is 0 Å². The SMILES string of the molecule is CNC(=O)c1sccc1SCC=C(C)CCC=C(C)CCC=C(C)C. The summed E-state index contributed by atoms with van der Waals surface area (Å²) in [4.78, 5) is 13.7. The molecule has 2 nitrogen and oxygen atoms in total. The van der Waals surface area contributed by atoms with Gasteiger partial charge < -0.3 is 5.32 Å². The zero-order chi connectivity index (χ0) is 18.7. The van der Waals surface area contributed by atoms with Gasteiger partial charge in [0.1, 0.15) is 4.88 Å². The average molecular weight is 378 g/mol. The van der Waals surface area contributed by atoms with Crippen molar-refractivity contribution in [3.63, 3.8) is 0 Å². The van der Waals surface area contributed by atoms with Gasteiger partial charge in [0, 0.05) is 17.7 Å². The number of hydrogen-bond donors (Lipinski definition) is 1. The molecular weight excluding hydrogens is 346 g/mol. The summed E-state index contributed by atoms with van der Waals surface area (Å²) in [5.41, 5.74) is 4.29. The zero-order valence-corrected chi connectivity index (χ0v) is 17.8. The summed E-state index contributed by atoms with van der Waals surface area (Å²) in [7, 11) is 1.68. The van der Waals surface area contributed by atoms with E-state index >= 15 is 0 Å². The molecule has 0 aliphatic carbocycles. The minimum absolute atomic E-state index is 0.00641. The second-order valence-corrected chi connectivity index (χ2v) is 8.44. The molecule has 1 amide bonds. The van der Waals surface area contributed by atoms with Gasteiger partial charge >= 0.3 is 0 Å². The van der Waals surface area contributed by atoms with E-state index < -0.39 is 0 Å². The maximum absolute atomic E-state index is 11.8. The van der Waals surface area contributed by atoms with E-state index in [1.165, 1.54) is 28.1 Å². The van der Waals surface area contributed by atoms with Crippen LogP contribution in [0.3, 0.4) is 0 Å². The summed E-state index contributed by atoms with van der Waals surface area (Å²) < 4.78 is 0. The molecule has 1 aromatic rings. The standard InChI is InChI=1S/C21H31NOS2/c1-16(2)8-6-9-17(3)10-7-11-18(4)12-14-24-19-13-15-25-20(19)21(23)22-5/h8,10,12-13,15H,6-7,9,11,14H2,1-5H3,(H,22,23). The number of carbonyl (C=O) groups is 1. The van der Waals surface area contributed by atoms with Gasteiger partial charge in [-0.05, 0) is 64.8 Å². The summed E-state index contributed by atoms with van der Waals surface area (Å²) in [5.74, 6) is 0.919. The molecule has 1 aromatic heterocycles. The van der Waals surface area contributed by atoms with Crippen LogP contribution in [0.15, 0.2) is 51.3 Å². The quantitative estimate of drug-likeness (QED) is 0.367. The lowest BCUT2D eigenvalue weighted by Gasteiger charge is -2.03. The number of thioether (sulfide) groups is 1. The monoisotopic (exact) mass is 377 g/mol. The van der Waals surface area contributed by atoms with Crippen molar-refractivity contribution in [1.29, 1.82) is 0 Å². The van der Waals surface area contributed by atoms with Crippen LogP contribution < -0.4 is 5.32 Å². The van der Waals surface area contributed by atoms with E-state index in [1.807, 2.05) is 11.4 Å². The molecule has 0 radical (unpaired) electrons. The van der Waals surface area contributed by atoms with Crippen LogP contribution in [-0.2, 0) is 0 Å². The molecule has 0 saturated carbocycles. The van der Waals surface area contributed by atoms with E-state index in [0.29, 0.717) is 0 Å². The van der Waals surface area contributed by atoms with Gasteiger partial charge in [-0.2, -0.15) is 0 Å². The van der Waals surface area contributed by atoms with Gasteiger partial charge in [-0.15, -0.1) is 23.1 Å². The third-order valence-corrected chi connectivity index (χ3v) is 5.88. The van der Waals surface area contributed by atoms with Crippen molar-refractivity contribution in [2.45, 2.75) is 58.3 Å². The molecule has 0 aliphatic rings. The molecule has 0 spiro atoms. The largest absolute Gasteiger partial charge is 0.354 e. The first-order chi connectivity index (χ1) is 11.9. The Morgan fingerprint density at radius 2 is 1.72 bits per heavy atom. The second kappa shape index (κ2) is 12.2. The maximum Gasteiger partial charge on any atom is 0.262 e. The maximum atomic E-state index is 11.8. The first-order valence-corrected chi connectivity index (χ1v) is 10.7. The van der Waals surface area contributed by atoms with E-state index in [1.54, 1.807) is 18.8 Å². The van der Waals surface area contributed by atoms with E-state index in [0.717, 1.165) is 41.2 Å². The minimum Gasteiger partial charge on any atom is -0.354 e. The van der Waals surface area contributed by atoms with Gasteiger partial charge in [0.05, 0.1) is 0 Å². The normalized spacial score (nSPS) is 12.2. The molecule has 138 valence electrons. The van der Waals surface area contributed by atoms with Crippen LogP contribution in [0.4, 0.5) is 0 Å². The number of carbonyl (C=O) groups excluding carboxylic acids is 1. The number of allylic oxidation sites excluding steroid dienone is 5.